The first-order valence-corrected chi connectivity index (χ1v) is 7.64. The van der Waals surface area contributed by atoms with E-state index in [9.17, 15) is 0 Å². The predicted octanol–water partition coefficient (Wildman–Crippen LogP) is 2.62. The van der Waals surface area contributed by atoms with Gasteiger partial charge in [-0.05, 0) is 24.6 Å². The largest absolute Gasteiger partial charge is 0.441 e. The Labute approximate surface area is 129 Å². The zero-order valence-electron chi connectivity index (χ0n) is 12.3. The molecule has 0 radical (unpaired) electrons. The van der Waals surface area contributed by atoms with Crippen molar-refractivity contribution in [2.45, 2.75) is 25.9 Å². The lowest BCUT2D eigenvalue weighted by Gasteiger charge is -2.00. The quantitative estimate of drug-likeness (QED) is 0.807. The average Bonchev–Trinajstić information content (AvgIpc) is 3.10. The van der Waals surface area contributed by atoms with Gasteiger partial charge in [-0.3, -0.25) is 4.68 Å². The molecule has 0 bridgehead atoms. The van der Waals surface area contributed by atoms with Gasteiger partial charge in [0.2, 0.25) is 0 Å². The van der Waals surface area contributed by atoms with Gasteiger partial charge in [0.25, 0.3) is 0 Å². The van der Waals surface area contributed by atoms with Crippen molar-refractivity contribution in [3.63, 3.8) is 0 Å². The van der Waals surface area contributed by atoms with Crippen LogP contribution in [-0.4, -0.2) is 21.3 Å². The summed E-state index contributed by atoms with van der Waals surface area (Å²) >= 11 is 0. The van der Waals surface area contributed by atoms with Gasteiger partial charge in [0.1, 0.15) is 5.69 Å². The number of rotatable bonds is 3. The van der Waals surface area contributed by atoms with E-state index in [1.165, 1.54) is 17.7 Å². The molecule has 0 unspecified atom stereocenters. The van der Waals surface area contributed by atoms with Crippen LogP contribution >= 0.6 is 0 Å². The molecular weight excluding hydrogens is 276 g/mol. The minimum atomic E-state index is 0.757. The molecule has 5 heteroatoms. The van der Waals surface area contributed by atoms with E-state index in [1.807, 2.05) is 18.2 Å². The molecule has 0 amide bonds. The minimum absolute atomic E-state index is 0.757. The van der Waals surface area contributed by atoms with Gasteiger partial charge in [0, 0.05) is 19.5 Å². The van der Waals surface area contributed by atoms with Crippen LogP contribution in [0.4, 0.5) is 0 Å². The van der Waals surface area contributed by atoms with Gasteiger partial charge < -0.3 is 9.73 Å². The molecule has 112 valence electrons. The molecular formula is C17H18N4O. The van der Waals surface area contributed by atoms with Gasteiger partial charge in [-0.15, -0.1) is 0 Å². The lowest BCUT2D eigenvalue weighted by atomic mass is 10.1. The Hall–Kier alpha value is -2.40. The number of oxazole rings is 1. The highest BCUT2D eigenvalue weighted by Crippen LogP contribution is 2.25. The summed E-state index contributed by atoms with van der Waals surface area (Å²) in [6.45, 7) is 2.85. The molecule has 2 aromatic heterocycles. The molecule has 0 fully saturated rings. The Morgan fingerprint density at radius 2 is 2.14 bits per heavy atom. The second kappa shape index (κ2) is 5.77. The van der Waals surface area contributed by atoms with E-state index in [1.54, 1.807) is 0 Å². The molecule has 1 aliphatic heterocycles. The van der Waals surface area contributed by atoms with Crippen LogP contribution in [0.2, 0.25) is 0 Å². The Balaban J connectivity index is 1.65. The van der Waals surface area contributed by atoms with Crippen molar-refractivity contribution in [1.82, 2.24) is 20.1 Å². The predicted molar refractivity (Wildman–Crippen MR) is 83.3 cm³/mol. The lowest BCUT2D eigenvalue weighted by molar-refractivity contribution is 0.558. The number of nitrogens with zero attached hydrogens (tertiary/aromatic N) is 3. The summed E-state index contributed by atoms with van der Waals surface area (Å²) < 4.78 is 7.70. The standard InChI is InChI=1S/C17H18N4O/c1-2-5-13(6-3-1)9-15-17(22-12-19-15)16-10-14-11-18-7-4-8-21(14)20-16/h1-3,5-6,10,12,18H,4,7-9,11H2. The van der Waals surface area contributed by atoms with Gasteiger partial charge in [-0.25, -0.2) is 4.98 Å². The third-order valence-electron chi connectivity index (χ3n) is 3.98. The van der Waals surface area contributed by atoms with E-state index in [0.717, 1.165) is 49.6 Å². The van der Waals surface area contributed by atoms with E-state index in [4.69, 9.17) is 9.52 Å². The second-order valence-corrected chi connectivity index (χ2v) is 5.56. The highest BCUT2D eigenvalue weighted by atomic mass is 16.3. The lowest BCUT2D eigenvalue weighted by Crippen LogP contribution is -2.11. The number of hydrogen-bond acceptors (Lipinski definition) is 4. The molecule has 3 heterocycles. The first-order valence-electron chi connectivity index (χ1n) is 7.64. The maximum Gasteiger partial charge on any atom is 0.181 e. The molecule has 1 aliphatic rings. The fourth-order valence-corrected chi connectivity index (χ4v) is 2.87. The molecule has 5 nitrogen and oxygen atoms in total. The Morgan fingerprint density at radius 3 is 3.05 bits per heavy atom. The number of hydrogen-bond donors (Lipinski definition) is 1. The normalized spacial score (nSPS) is 14.5. The van der Waals surface area contributed by atoms with Crippen LogP contribution in [0.1, 0.15) is 23.4 Å². The van der Waals surface area contributed by atoms with E-state index < -0.39 is 0 Å². The van der Waals surface area contributed by atoms with Crippen molar-refractivity contribution < 1.29 is 4.42 Å². The Kier molecular flexibility index (Phi) is 3.48. The zero-order valence-corrected chi connectivity index (χ0v) is 12.3. The maximum absolute atomic E-state index is 5.62. The fraction of sp³-hybridized carbons (Fsp3) is 0.294. The topological polar surface area (TPSA) is 55.9 Å². The van der Waals surface area contributed by atoms with Crippen molar-refractivity contribution in [1.29, 1.82) is 0 Å². The summed E-state index contributed by atoms with van der Waals surface area (Å²) in [4.78, 5) is 4.38. The second-order valence-electron chi connectivity index (χ2n) is 5.56. The van der Waals surface area contributed by atoms with Crippen LogP contribution in [0, 0.1) is 0 Å². The Bertz CT molecular complexity index is 737. The first-order chi connectivity index (χ1) is 10.9. The first kappa shape index (κ1) is 13.3. The molecule has 0 saturated heterocycles. The van der Waals surface area contributed by atoms with Crippen LogP contribution in [0.5, 0.6) is 0 Å². The monoisotopic (exact) mass is 294 g/mol. The fourth-order valence-electron chi connectivity index (χ4n) is 2.87. The highest BCUT2D eigenvalue weighted by Gasteiger charge is 2.18. The van der Waals surface area contributed by atoms with E-state index in [-0.39, 0.29) is 0 Å². The molecule has 1 aromatic carbocycles. The highest BCUT2D eigenvalue weighted by molar-refractivity contribution is 5.56. The molecule has 0 aliphatic carbocycles. The molecule has 3 aromatic rings. The maximum atomic E-state index is 5.62. The van der Waals surface area contributed by atoms with Crippen LogP contribution in [0.15, 0.2) is 47.2 Å². The summed E-state index contributed by atoms with van der Waals surface area (Å²) in [5, 5.41) is 8.11. The summed E-state index contributed by atoms with van der Waals surface area (Å²) in [6.07, 6.45) is 3.37. The summed E-state index contributed by atoms with van der Waals surface area (Å²) in [6, 6.07) is 12.4. The van der Waals surface area contributed by atoms with Gasteiger partial charge in [0.05, 0.1) is 11.4 Å². The number of aromatic nitrogens is 3. The van der Waals surface area contributed by atoms with Gasteiger partial charge in [-0.2, -0.15) is 5.10 Å². The van der Waals surface area contributed by atoms with E-state index in [2.05, 4.69) is 33.2 Å². The summed E-state index contributed by atoms with van der Waals surface area (Å²) in [5.74, 6) is 0.782. The van der Waals surface area contributed by atoms with Crippen LogP contribution in [0.25, 0.3) is 11.5 Å². The van der Waals surface area contributed by atoms with Crippen molar-refractivity contribution in [2.24, 2.45) is 0 Å². The number of benzene rings is 1. The number of aryl methyl sites for hydroxylation is 1. The number of fused-ring (bicyclic) bond motifs is 1. The molecule has 1 N–H and O–H groups in total. The van der Waals surface area contributed by atoms with Crippen molar-refractivity contribution >= 4 is 0 Å². The van der Waals surface area contributed by atoms with Crippen LogP contribution in [0.3, 0.4) is 0 Å². The molecule has 0 saturated carbocycles. The summed E-state index contributed by atoms with van der Waals surface area (Å²) in [5.41, 5.74) is 4.24. The van der Waals surface area contributed by atoms with E-state index in [0.29, 0.717) is 0 Å². The molecule has 0 atom stereocenters. The van der Waals surface area contributed by atoms with Crippen LogP contribution < -0.4 is 5.32 Å². The average molecular weight is 294 g/mol. The van der Waals surface area contributed by atoms with Crippen molar-refractivity contribution in [3.05, 3.63) is 59.7 Å². The Morgan fingerprint density at radius 1 is 1.23 bits per heavy atom. The van der Waals surface area contributed by atoms with Crippen LogP contribution in [-0.2, 0) is 19.5 Å². The van der Waals surface area contributed by atoms with Gasteiger partial charge in [0.15, 0.2) is 12.2 Å². The smallest absolute Gasteiger partial charge is 0.181 e. The summed E-state index contributed by atoms with van der Waals surface area (Å²) in [7, 11) is 0. The number of nitrogens with one attached hydrogen (secondary N) is 1. The molecule has 4 rings (SSSR count). The van der Waals surface area contributed by atoms with Gasteiger partial charge in [-0.1, -0.05) is 30.3 Å². The SMILES string of the molecule is c1ccc(Cc2ncoc2-c2cc3n(n2)CCCNC3)cc1. The van der Waals surface area contributed by atoms with Crippen molar-refractivity contribution in [2.75, 3.05) is 6.54 Å². The van der Waals surface area contributed by atoms with Gasteiger partial charge >= 0.3 is 0 Å². The van der Waals surface area contributed by atoms with Crippen molar-refractivity contribution in [3.8, 4) is 11.5 Å². The van der Waals surface area contributed by atoms with E-state index >= 15 is 0 Å². The zero-order chi connectivity index (χ0) is 14.8. The third kappa shape index (κ3) is 2.55. The molecule has 22 heavy (non-hydrogen) atoms. The third-order valence-corrected chi connectivity index (χ3v) is 3.98. The minimum Gasteiger partial charge on any atom is -0.441 e. The molecule has 0 spiro atoms.